The largest absolute Gasteiger partial charge is 0.469 e. The maximum atomic E-state index is 12.3. The normalized spacial score (nSPS) is 17.6. The Morgan fingerprint density at radius 1 is 0.913 bits per heavy atom. The minimum absolute atomic E-state index is 0.134. The zero-order chi connectivity index (χ0) is 34.7. The first-order valence-electron chi connectivity index (χ1n) is 16.7. The van der Waals surface area contributed by atoms with E-state index in [-0.39, 0.29) is 28.8 Å². The van der Waals surface area contributed by atoms with Crippen molar-refractivity contribution in [2.24, 2.45) is 17.8 Å². The van der Waals surface area contributed by atoms with Gasteiger partial charge in [-0.3, -0.25) is 9.78 Å². The van der Waals surface area contributed by atoms with Gasteiger partial charge in [0.1, 0.15) is 5.60 Å². The highest BCUT2D eigenvalue weighted by Crippen LogP contribution is 2.36. The predicted octanol–water partition coefficient (Wildman–Crippen LogP) is 9.22. The maximum Gasteiger partial charge on any atom is 0.410 e. The van der Waals surface area contributed by atoms with Crippen molar-refractivity contribution in [3.63, 3.8) is 0 Å². The van der Waals surface area contributed by atoms with Gasteiger partial charge in [0.15, 0.2) is 0 Å². The van der Waals surface area contributed by atoms with E-state index in [1.807, 2.05) is 30.6 Å². The van der Waals surface area contributed by atoms with Gasteiger partial charge in [-0.05, 0) is 92.9 Å². The highest BCUT2D eigenvalue weighted by molar-refractivity contribution is 14.1. The number of halogens is 1. The minimum Gasteiger partial charge on any atom is -0.469 e. The average Bonchev–Trinajstić information content (AvgIpc) is 3.00. The monoisotopic (exact) mass is 749 g/mol. The minimum atomic E-state index is -0.468. The summed E-state index contributed by atoms with van der Waals surface area (Å²) >= 11 is 2.15. The number of aromatic nitrogens is 1. The number of carbonyl (C=O) groups is 2. The van der Waals surface area contributed by atoms with Gasteiger partial charge in [-0.15, -0.1) is 0 Å². The Morgan fingerprint density at radius 2 is 1.48 bits per heavy atom. The fourth-order valence-corrected chi connectivity index (χ4v) is 5.92. The lowest BCUT2D eigenvalue weighted by Crippen LogP contribution is -2.42. The van der Waals surface area contributed by atoms with Gasteiger partial charge in [0.05, 0.1) is 7.11 Å². The Morgan fingerprint density at radius 3 is 2.00 bits per heavy atom. The summed E-state index contributed by atoms with van der Waals surface area (Å²) in [6, 6.07) is 14.7. The molecular weight excluding hydrogens is 689 g/mol. The van der Waals surface area contributed by atoms with Crippen LogP contribution in [0.1, 0.15) is 105 Å². The smallest absolute Gasteiger partial charge is 0.410 e. The lowest BCUT2D eigenvalue weighted by Gasteiger charge is -2.37. The van der Waals surface area contributed by atoms with Crippen LogP contribution >= 0.6 is 22.6 Å². The summed E-state index contributed by atoms with van der Waals surface area (Å²) in [6.45, 7) is 21.2. The van der Waals surface area contributed by atoms with Crippen LogP contribution in [-0.4, -0.2) is 59.2 Å². The SMILES string of the molecule is CC(C)(C)c1cccc(C(C)(C)C)n1.CI.COC(=O)CC(CC1CCN(C(=O)OC(C)(C)C)CC1)C1CNc2ccccc2C1. The van der Waals surface area contributed by atoms with Crippen LogP contribution in [-0.2, 0) is 31.5 Å². The number of pyridine rings is 1. The first-order chi connectivity index (χ1) is 21.5. The summed E-state index contributed by atoms with van der Waals surface area (Å²) in [5, 5.41) is 3.54. The molecule has 4 rings (SSSR count). The first kappa shape index (κ1) is 39.8. The molecule has 1 amide bonds. The number of nitrogens with zero attached hydrogens (tertiary/aromatic N) is 2. The highest BCUT2D eigenvalue weighted by atomic mass is 127. The zero-order valence-corrected chi connectivity index (χ0v) is 32.5. The maximum absolute atomic E-state index is 12.3. The molecule has 2 aliphatic rings. The summed E-state index contributed by atoms with van der Waals surface area (Å²) < 4.78 is 10.5. The molecule has 0 radical (unpaired) electrons. The number of piperidine rings is 1. The molecule has 2 atom stereocenters. The number of esters is 1. The van der Waals surface area contributed by atoms with Crippen molar-refractivity contribution in [2.45, 2.75) is 111 Å². The van der Waals surface area contributed by atoms with E-state index >= 15 is 0 Å². The van der Waals surface area contributed by atoms with Gasteiger partial charge in [-0.25, -0.2) is 4.79 Å². The van der Waals surface area contributed by atoms with E-state index in [0.717, 1.165) is 45.3 Å². The van der Waals surface area contributed by atoms with Crippen molar-refractivity contribution in [3.05, 3.63) is 59.4 Å². The van der Waals surface area contributed by atoms with Gasteiger partial charge in [-0.2, -0.15) is 0 Å². The van der Waals surface area contributed by atoms with E-state index in [2.05, 4.69) is 112 Å². The fraction of sp³-hybridized carbons (Fsp3) is 0.658. The van der Waals surface area contributed by atoms with Crippen LogP contribution in [0, 0.1) is 17.8 Å². The number of ether oxygens (including phenoxy) is 2. The number of likely N-dealkylation sites (tertiary alicyclic amines) is 1. The summed E-state index contributed by atoms with van der Waals surface area (Å²) in [5.41, 5.74) is 4.68. The number of amides is 1. The van der Waals surface area contributed by atoms with Crippen LogP contribution in [0.5, 0.6) is 0 Å². The average molecular weight is 750 g/mol. The molecular formula is C38H60IN3O4. The summed E-state index contributed by atoms with van der Waals surface area (Å²) in [4.78, 5) is 32.9. The third kappa shape index (κ3) is 13.0. The van der Waals surface area contributed by atoms with Gasteiger partial charge >= 0.3 is 12.1 Å². The molecule has 1 N–H and O–H groups in total. The third-order valence-corrected chi connectivity index (χ3v) is 8.57. The second-order valence-corrected chi connectivity index (χ2v) is 15.6. The van der Waals surface area contributed by atoms with E-state index in [0.29, 0.717) is 18.3 Å². The molecule has 2 aromatic rings. The van der Waals surface area contributed by atoms with Gasteiger partial charge in [0, 0.05) is 54.0 Å². The van der Waals surface area contributed by atoms with Crippen molar-refractivity contribution in [1.82, 2.24) is 9.88 Å². The molecule has 1 aromatic heterocycles. The summed E-state index contributed by atoms with van der Waals surface area (Å²) in [5.74, 6) is 1.06. The number of fused-ring (bicyclic) bond motifs is 1. The molecule has 0 spiro atoms. The Bertz CT molecular complexity index is 1210. The van der Waals surface area contributed by atoms with Crippen molar-refractivity contribution in [2.75, 3.05) is 37.0 Å². The Balaban J connectivity index is 0.000000385. The number of para-hydroxylation sites is 1. The molecule has 2 aliphatic heterocycles. The van der Waals surface area contributed by atoms with Gasteiger partial charge in [-0.1, -0.05) is 88.4 Å². The number of benzene rings is 1. The standard InChI is InChI=1S/C24H36N2O4.C13H21N.CH3I/c1-24(2,3)30-23(28)26-11-9-17(10-12-26)13-19(15-22(27)29-4)20-14-18-7-5-6-8-21(18)25-16-20;1-12(2,3)10-8-7-9-11(14-10)13(4,5)6;1-2/h5-8,17,19-20,25H,9-16H2,1-4H3;7-9H,1-6H3;1H3. The summed E-state index contributed by atoms with van der Waals surface area (Å²) in [6.07, 6.45) is 4.12. The number of alkyl halides is 1. The lowest BCUT2D eigenvalue weighted by atomic mass is 9.75. The molecule has 7 nitrogen and oxygen atoms in total. The predicted molar refractivity (Wildman–Crippen MR) is 199 cm³/mol. The van der Waals surface area contributed by atoms with Crippen LogP contribution < -0.4 is 5.32 Å². The molecule has 0 saturated carbocycles. The molecule has 3 heterocycles. The van der Waals surface area contributed by atoms with Gasteiger partial charge in [0.2, 0.25) is 0 Å². The topological polar surface area (TPSA) is 80.8 Å². The number of nitrogens with one attached hydrogen (secondary N) is 1. The quantitative estimate of drug-likeness (QED) is 0.187. The van der Waals surface area contributed by atoms with Crippen LogP contribution in [0.15, 0.2) is 42.5 Å². The Labute approximate surface area is 293 Å². The number of hydrogen-bond acceptors (Lipinski definition) is 6. The van der Waals surface area contributed by atoms with Crippen molar-refractivity contribution in [3.8, 4) is 0 Å². The Hall–Kier alpha value is -2.36. The van der Waals surface area contributed by atoms with Crippen LogP contribution in [0.2, 0.25) is 0 Å². The molecule has 1 fully saturated rings. The lowest BCUT2D eigenvalue weighted by molar-refractivity contribution is -0.142. The second kappa shape index (κ2) is 17.7. The molecule has 46 heavy (non-hydrogen) atoms. The number of rotatable bonds is 5. The van der Waals surface area contributed by atoms with E-state index in [1.165, 1.54) is 29.7 Å². The van der Waals surface area contributed by atoms with Crippen LogP contribution in [0.3, 0.4) is 0 Å². The number of carbonyl (C=O) groups excluding carboxylic acids is 2. The second-order valence-electron chi connectivity index (χ2n) is 15.6. The van der Waals surface area contributed by atoms with Crippen molar-refractivity contribution >= 4 is 40.3 Å². The van der Waals surface area contributed by atoms with E-state index in [4.69, 9.17) is 14.5 Å². The first-order valence-corrected chi connectivity index (χ1v) is 18.8. The molecule has 8 heteroatoms. The van der Waals surface area contributed by atoms with Crippen molar-refractivity contribution < 1.29 is 19.1 Å². The third-order valence-electron chi connectivity index (χ3n) is 8.57. The molecule has 1 saturated heterocycles. The van der Waals surface area contributed by atoms with Crippen LogP contribution in [0.25, 0.3) is 0 Å². The van der Waals surface area contributed by atoms with Crippen LogP contribution in [0.4, 0.5) is 10.5 Å². The molecule has 258 valence electrons. The summed E-state index contributed by atoms with van der Waals surface area (Å²) in [7, 11) is 1.47. The van der Waals surface area contributed by atoms with Gasteiger partial charge < -0.3 is 19.7 Å². The van der Waals surface area contributed by atoms with E-state index in [1.54, 1.807) is 0 Å². The van der Waals surface area contributed by atoms with E-state index in [9.17, 15) is 9.59 Å². The highest BCUT2D eigenvalue weighted by Gasteiger charge is 2.33. The Kier molecular flexibility index (Phi) is 15.3. The zero-order valence-electron chi connectivity index (χ0n) is 30.3. The van der Waals surface area contributed by atoms with Crippen molar-refractivity contribution in [1.29, 1.82) is 0 Å². The number of methoxy groups -OCH3 is 1. The molecule has 0 bridgehead atoms. The fourth-order valence-electron chi connectivity index (χ4n) is 5.92. The van der Waals surface area contributed by atoms with E-state index < -0.39 is 5.60 Å². The van der Waals surface area contributed by atoms with Gasteiger partial charge in [0.25, 0.3) is 0 Å². The number of anilines is 1. The molecule has 0 aliphatic carbocycles. The molecule has 2 unspecified atom stereocenters. The molecule has 1 aromatic carbocycles. The number of hydrogen-bond donors (Lipinski definition) is 1.